The lowest BCUT2D eigenvalue weighted by Gasteiger charge is -2.01. The molecule has 2 rings (SSSR count). The lowest BCUT2D eigenvalue weighted by molar-refractivity contribution is 0.605. The largest absolute Gasteiger partial charge is 0.219 e. The Balaban J connectivity index is 2.33. The van der Waals surface area contributed by atoms with Gasteiger partial charge in [0.1, 0.15) is 0 Å². The van der Waals surface area contributed by atoms with Gasteiger partial charge in [-0.1, -0.05) is 53.5 Å². The molecule has 5 heteroatoms. The van der Waals surface area contributed by atoms with Crippen molar-refractivity contribution >= 4 is 39.1 Å². The van der Waals surface area contributed by atoms with Crippen molar-refractivity contribution in [1.82, 2.24) is 0 Å². The van der Waals surface area contributed by atoms with E-state index in [-0.39, 0.29) is 9.92 Å². The Kier molecular flexibility index (Phi) is 4.30. The van der Waals surface area contributed by atoms with Gasteiger partial charge >= 0.3 is 0 Å². The molecule has 0 aliphatic rings. The van der Waals surface area contributed by atoms with Crippen LogP contribution in [0.2, 0.25) is 10.0 Å². The first kappa shape index (κ1) is 14.1. The molecule has 0 atom stereocenters. The second kappa shape index (κ2) is 5.78. The summed E-state index contributed by atoms with van der Waals surface area (Å²) >= 11 is 11.6. The normalized spacial score (nSPS) is 11.9. The fraction of sp³-hybridized carbons (Fsp3) is 0. The van der Waals surface area contributed by atoms with Crippen molar-refractivity contribution in [1.29, 1.82) is 0 Å². The molecule has 0 N–H and O–H groups in total. The summed E-state index contributed by atoms with van der Waals surface area (Å²) in [4.78, 5) is 0.120. The van der Waals surface area contributed by atoms with E-state index in [2.05, 4.69) is 0 Å². The number of rotatable bonds is 3. The first-order chi connectivity index (χ1) is 8.99. The van der Waals surface area contributed by atoms with Gasteiger partial charge in [-0.25, -0.2) is 8.42 Å². The van der Waals surface area contributed by atoms with Crippen LogP contribution in [-0.4, -0.2) is 8.42 Å². The summed E-state index contributed by atoms with van der Waals surface area (Å²) in [5.41, 5.74) is 0.811. The molecule has 2 aromatic carbocycles. The van der Waals surface area contributed by atoms with Crippen LogP contribution in [0.25, 0.3) is 6.08 Å². The maximum Gasteiger partial charge on any atom is 0.199 e. The summed E-state index contributed by atoms with van der Waals surface area (Å²) in [6, 6.07) is 13.4. The van der Waals surface area contributed by atoms with E-state index in [1.54, 1.807) is 0 Å². The number of benzene rings is 2. The van der Waals surface area contributed by atoms with Crippen LogP contribution in [-0.2, 0) is 9.84 Å². The Morgan fingerprint density at radius 2 is 1.58 bits per heavy atom. The number of sulfone groups is 1. The van der Waals surface area contributed by atoms with Crippen LogP contribution in [0, 0.1) is 0 Å². The van der Waals surface area contributed by atoms with Crippen molar-refractivity contribution in [3.63, 3.8) is 0 Å². The fourth-order valence-corrected chi connectivity index (χ4v) is 2.86. The zero-order valence-electron chi connectivity index (χ0n) is 9.75. The average Bonchev–Trinajstić information content (AvgIpc) is 2.41. The van der Waals surface area contributed by atoms with Gasteiger partial charge in [0.15, 0.2) is 9.84 Å². The van der Waals surface area contributed by atoms with Gasteiger partial charge in [0, 0.05) is 5.41 Å². The summed E-state index contributed by atoms with van der Waals surface area (Å²) in [7, 11) is -3.52. The molecular weight excluding hydrogens is 303 g/mol. The second-order valence-electron chi connectivity index (χ2n) is 3.83. The molecule has 0 radical (unpaired) electrons. The highest BCUT2D eigenvalue weighted by Crippen LogP contribution is 2.25. The highest BCUT2D eigenvalue weighted by Gasteiger charge is 2.12. The molecule has 0 aromatic heterocycles. The summed E-state index contributed by atoms with van der Waals surface area (Å²) in [5, 5.41) is 1.70. The van der Waals surface area contributed by atoms with Crippen molar-refractivity contribution in [2.75, 3.05) is 0 Å². The van der Waals surface area contributed by atoms with E-state index >= 15 is 0 Å². The van der Waals surface area contributed by atoms with Crippen LogP contribution in [0.1, 0.15) is 5.56 Å². The Morgan fingerprint density at radius 1 is 0.895 bits per heavy atom. The minimum Gasteiger partial charge on any atom is -0.219 e. The molecule has 0 saturated carbocycles. The molecule has 0 amide bonds. The molecule has 2 aromatic rings. The van der Waals surface area contributed by atoms with Crippen LogP contribution in [0.4, 0.5) is 0 Å². The quantitative estimate of drug-likeness (QED) is 0.839. The van der Waals surface area contributed by atoms with E-state index in [0.717, 1.165) is 11.0 Å². The first-order valence-electron chi connectivity index (χ1n) is 5.42. The van der Waals surface area contributed by atoms with E-state index in [1.807, 2.05) is 30.3 Å². The van der Waals surface area contributed by atoms with E-state index in [0.29, 0.717) is 5.02 Å². The molecule has 19 heavy (non-hydrogen) atoms. The molecule has 0 bridgehead atoms. The maximum atomic E-state index is 12.1. The SMILES string of the molecule is O=S(=O)(C=Cc1ccccc1)c1ccc(Cl)c(Cl)c1. The minimum absolute atomic E-state index is 0.120. The monoisotopic (exact) mass is 312 g/mol. The number of hydrogen-bond acceptors (Lipinski definition) is 2. The van der Waals surface area contributed by atoms with Gasteiger partial charge < -0.3 is 0 Å². The van der Waals surface area contributed by atoms with Crippen LogP contribution < -0.4 is 0 Å². The van der Waals surface area contributed by atoms with Crippen LogP contribution in [0.5, 0.6) is 0 Å². The van der Waals surface area contributed by atoms with Crippen LogP contribution in [0.15, 0.2) is 58.8 Å². The predicted molar refractivity (Wildman–Crippen MR) is 79.1 cm³/mol. The number of hydrogen-bond donors (Lipinski definition) is 0. The predicted octanol–water partition coefficient (Wildman–Crippen LogP) is 4.44. The van der Waals surface area contributed by atoms with E-state index in [4.69, 9.17) is 23.2 Å². The van der Waals surface area contributed by atoms with Crippen LogP contribution >= 0.6 is 23.2 Å². The van der Waals surface area contributed by atoms with E-state index in [1.165, 1.54) is 24.3 Å². The smallest absolute Gasteiger partial charge is 0.199 e. The summed E-state index contributed by atoms with van der Waals surface area (Å²) in [6.07, 6.45) is 1.54. The third kappa shape index (κ3) is 3.60. The zero-order chi connectivity index (χ0) is 13.9. The van der Waals surface area contributed by atoms with Crippen molar-refractivity contribution in [2.24, 2.45) is 0 Å². The van der Waals surface area contributed by atoms with Gasteiger partial charge in [-0.05, 0) is 29.8 Å². The van der Waals surface area contributed by atoms with E-state index in [9.17, 15) is 8.42 Å². The molecule has 98 valence electrons. The third-order valence-corrected chi connectivity index (χ3v) is 4.60. The molecule has 0 aliphatic heterocycles. The van der Waals surface area contributed by atoms with Crippen LogP contribution in [0.3, 0.4) is 0 Å². The Bertz CT molecular complexity index is 707. The molecule has 0 saturated heterocycles. The van der Waals surface area contributed by atoms with Crippen molar-refractivity contribution in [3.05, 3.63) is 69.5 Å². The van der Waals surface area contributed by atoms with Crippen molar-refractivity contribution < 1.29 is 8.42 Å². The minimum atomic E-state index is -3.52. The zero-order valence-corrected chi connectivity index (χ0v) is 12.1. The summed E-state index contributed by atoms with van der Waals surface area (Å²) in [5.74, 6) is 0. The van der Waals surface area contributed by atoms with Crippen molar-refractivity contribution in [3.8, 4) is 0 Å². The van der Waals surface area contributed by atoms with Gasteiger partial charge in [-0.2, -0.15) is 0 Å². The fourth-order valence-electron chi connectivity index (χ4n) is 1.46. The van der Waals surface area contributed by atoms with Crippen molar-refractivity contribution in [2.45, 2.75) is 4.90 Å². The third-order valence-electron chi connectivity index (χ3n) is 2.46. The summed E-state index contributed by atoms with van der Waals surface area (Å²) in [6.45, 7) is 0. The molecule has 0 spiro atoms. The standard InChI is InChI=1S/C14H10Cl2O2S/c15-13-7-6-12(10-14(13)16)19(17,18)9-8-11-4-2-1-3-5-11/h1-10H. The molecule has 0 fully saturated rings. The Hall–Kier alpha value is -1.29. The van der Waals surface area contributed by atoms with Gasteiger partial charge in [-0.3, -0.25) is 0 Å². The Labute approximate surface area is 122 Å². The average molecular weight is 313 g/mol. The molecule has 2 nitrogen and oxygen atoms in total. The number of halogens is 2. The topological polar surface area (TPSA) is 34.1 Å². The molecule has 0 heterocycles. The van der Waals surface area contributed by atoms with Gasteiger partial charge in [0.25, 0.3) is 0 Å². The van der Waals surface area contributed by atoms with E-state index < -0.39 is 9.84 Å². The second-order valence-corrected chi connectivity index (χ2v) is 6.48. The Morgan fingerprint density at radius 3 is 2.21 bits per heavy atom. The van der Waals surface area contributed by atoms with Gasteiger partial charge in [0.2, 0.25) is 0 Å². The van der Waals surface area contributed by atoms with Gasteiger partial charge in [-0.15, -0.1) is 0 Å². The molecular formula is C14H10Cl2O2S. The lowest BCUT2D eigenvalue weighted by Crippen LogP contribution is -1.95. The van der Waals surface area contributed by atoms with Gasteiger partial charge in [0.05, 0.1) is 14.9 Å². The molecule has 0 unspecified atom stereocenters. The molecule has 0 aliphatic carbocycles. The lowest BCUT2D eigenvalue weighted by atomic mass is 10.2. The maximum absolute atomic E-state index is 12.1. The summed E-state index contributed by atoms with van der Waals surface area (Å²) < 4.78 is 24.2. The highest BCUT2D eigenvalue weighted by molar-refractivity contribution is 7.94. The first-order valence-corrected chi connectivity index (χ1v) is 7.72. The highest BCUT2D eigenvalue weighted by atomic mass is 35.5.